The summed E-state index contributed by atoms with van der Waals surface area (Å²) in [6.45, 7) is 6.34. The Balaban J connectivity index is 0.00000144. The van der Waals surface area contributed by atoms with Crippen LogP contribution in [0.15, 0.2) is 6.20 Å². The summed E-state index contributed by atoms with van der Waals surface area (Å²) in [5.74, 6) is 0.561. The van der Waals surface area contributed by atoms with Gasteiger partial charge in [0, 0.05) is 12.0 Å². The maximum atomic E-state index is 5.79. The van der Waals surface area contributed by atoms with Crippen LogP contribution in [-0.4, -0.2) is 14.6 Å². The summed E-state index contributed by atoms with van der Waals surface area (Å²) >= 11 is 1.68. The molecule has 1 atom stereocenters. The molecule has 0 aliphatic heterocycles. The number of hydrogen-bond acceptors (Lipinski definition) is 4. The second-order valence-corrected chi connectivity index (χ2v) is 5.12. The monoisotopic (exact) mass is 274 g/mol. The summed E-state index contributed by atoms with van der Waals surface area (Å²) in [4.78, 5) is 5.43. The molecule has 0 saturated carbocycles. The van der Waals surface area contributed by atoms with Crippen LogP contribution in [-0.2, 0) is 0 Å². The zero-order valence-electron chi connectivity index (χ0n) is 10.4. The van der Waals surface area contributed by atoms with E-state index in [2.05, 4.69) is 23.9 Å². The number of imidazole rings is 1. The third-order valence-electron chi connectivity index (χ3n) is 2.88. The van der Waals surface area contributed by atoms with Gasteiger partial charge in [-0.2, -0.15) is 5.10 Å². The van der Waals surface area contributed by atoms with Crippen molar-refractivity contribution < 1.29 is 0 Å². The van der Waals surface area contributed by atoms with E-state index in [1.165, 1.54) is 5.01 Å². The Hall–Kier alpha value is -0.650. The van der Waals surface area contributed by atoms with Gasteiger partial charge in [0.05, 0.1) is 11.9 Å². The van der Waals surface area contributed by atoms with Crippen LogP contribution in [0.5, 0.6) is 0 Å². The van der Waals surface area contributed by atoms with Crippen LogP contribution in [0.2, 0.25) is 0 Å². The van der Waals surface area contributed by atoms with Crippen LogP contribution >= 0.6 is 23.7 Å². The van der Waals surface area contributed by atoms with Crippen LogP contribution in [0.25, 0.3) is 4.96 Å². The van der Waals surface area contributed by atoms with Gasteiger partial charge in [0.25, 0.3) is 0 Å². The normalized spacial score (nSPS) is 13.0. The van der Waals surface area contributed by atoms with Gasteiger partial charge in [-0.05, 0) is 19.8 Å². The average molecular weight is 275 g/mol. The third-order valence-corrected chi connectivity index (χ3v) is 3.96. The van der Waals surface area contributed by atoms with Gasteiger partial charge >= 0.3 is 0 Å². The quantitative estimate of drug-likeness (QED) is 0.932. The number of nitrogens with two attached hydrogens (primary N) is 1. The van der Waals surface area contributed by atoms with Crippen LogP contribution < -0.4 is 5.73 Å². The Morgan fingerprint density at radius 3 is 2.53 bits per heavy atom. The minimum atomic E-state index is -0.0227. The molecule has 0 radical (unpaired) electrons. The van der Waals surface area contributed by atoms with E-state index in [0.717, 1.165) is 23.5 Å². The first kappa shape index (κ1) is 14.4. The number of rotatable bonds is 4. The molecule has 2 aromatic heterocycles. The molecule has 0 fully saturated rings. The molecule has 6 heteroatoms. The van der Waals surface area contributed by atoms with Gasteiger partial charge in [-0.1, -0.05) is 25.2 Å². The highest BCUT2D eigenvalue weighted by Crippen LogP contribution is 2.27. The molecule has 0 aliphatic rings. The molecular formula is C11H19ClN4S. The summed E-state index contributed by atoms with van der Waals surface area (Å²) in [5, 5.41) is 5.76. The summed E-state index contributed by atoms with van der Waals surface area (Å²) in [7, 11) is 0. The van der Waals surface area contributed by atoms with Crippen molar-refractivity contribution in [2.75, 3.05) is 0 Å². The van der Waals surface area contributed by atoms with Crippen molar-refractivity contribution in [2.24, 2.45) is 5.73 Å². The second-order valence-electron chi connectivity index (χ2n) is 4.14. The van der Waals surface area contributed by atoms with Crippen molar-refractivity contribution >= 4 is 28.7 Å². The van der Waals surface area contributed by atoms with E-state index in [0.29, 0.717) is 5.92 Å². The van der Waals surface area contributed by atoms with E-state index in [1.54, 1.807) is 11.3 Å². The van der Waals surface area contributed by atoms with Crippen LogP contribution in [0, 0.1) is 0 Å². The number of nitrogens with zero attached hydrogens (tertiary/aromatic N) is 3. The average Bonchev–Trinajstić information content (AvgIpc) is 2.77. The largest absolute Gasteiger partial charge is 0.323 e. The first-order valence-corrected chi connectivity index (χ1v) is 6.58. The smallest absolute Gasteiger partial charge is 0.212 e. The molecule has 0 saturated heterocycles. The molecular weight excluding hydrogens is 256 g/mol. The lowest BCUT2D eigenvalue weighted by Crippen LogP contribution is -2.05. The zero-order valence-corrected chi connectivity index (χ0v) is 12.0. The second kappa shape index (κ2) is 5.80. The lowest BCUT2D eigenvalue weighted by Gasteiger charge is -2.06. The predicted octanol–water partition coefficient (Wildman–Crippen LogP) is 3.14. The van der Waals surface area contributed by atoms with E-state index in [9.17, 15) is 0 Å². The summed E-state index contributed by atoms with van der Waals surface area (Å²) in [6, 6.07) is -0.0227. The van der Waals surface area contributed by atoms with Crippen LogP contribution in [0.3, 0.4) is 0 Å². The molecule has 0 amide bonds. The number of hydrogen-bond donors (Lipinski definition) is 1. The molecule has 0 aliphatic carbocycles. The topological polar surface area (TPSA) is 56.2 Å². The molecule has 96 valence electrons. The fraction of sp³-hybridized carbons (Fsp3) is 0.636. The number of aromatic nitrogens is 3. The first-order chi connectivity index (χ1) is 7.65. The summed E-state index contributed by atoms with van der Waals surface area (Å²) in [5.41, 5.74) is 6.70. The fourth-order valence-corrected chi connectivity index (χ4v) is 2.91. The standard InChI is InChI=1S/C11H18N4S.ClH/c1-4-8(5-2)10-14-15-6-9(7(3)12)13-11(15)16-10;/h6-8H,4-5,12H2,1-3H3;1H. The van der Waals surface area contributed by atoms with Crippen molar-refractivity contribution in [3.05, 3.63) is 16.9 Å². The molecule has 2 aromatic rings. The maximum absolute atomic E-state index is 5.79. The lowest BCUT2D eigenvalue weighted by molar-refractivity contribution is 0.625. The van der Waals surface area contributed by atoms with Crippen molar-refractivity contribution in [3.8, 4) is 0 Å². The molecule has 4 nitrogen and oxygen atoms in total. The number of halogens is 1. The molecule has 17 heavy (non-hydrogen) atoms. The van der Waals surface area contributed by atoms with E-state index < -0.39 is 0 Å². The van der Waals surface area contributed by atoms with E-state index in [-0.39, 0.29) is 18.4 Å². The van der Waals surface area contributed by atoms with Crippen LogP contribution in [0.4, 0.5) is 0 Å². The van der Waals surface area contributed by atoms with E-state index in [1.807, 2.05) is 17.6 Å². The molecule has 0 aromatic carbocycles. The molecule has 0 bridgehead atoms. The lowest BCUT2D eigenvalue weighted by atomic mass is 10.1. The molecule has 2 heterocycles. The van der Waals surface area contributed by atoms with Gasteiger partial charge in [-0.25, -0.2) is 9.50 Å². The van der Waals surface area contributed by atoms with E-state index >= 15 is 0 Å². The van der Waals surface area contributed by atoms with Gasteiger partial charge < -0.3 is 5.73 Å². The highest BCUT2D eigenvalue weighted by atomic mass is 35.5. The minimum Gasteiger partial charge on any atom is -0.323 e. The van der Waals surface area contributed by atoms with Gasteiger partial charge in [0.2, 0.25) is 4.96 Å². The molecule has 1 unspecified atom stereocenters. The van der Waals surface area contributed by atoms with Crippen molar-refractivity contribution in [2.45, 2.75) is 45.6 Å². The highest BCUT2D eigenvalue weighted by molar-refractivity contribution is 7.16. The Bertz CT molecular complexity index is 441. The van der Waals surface area contributed by atoms with Crippen molar-refractivity contribution in [1.82, 2.24) is 14.6 Å². The SMILES string of the molecule is CCC(CC)c1nn2cc(C(C)N)nc2s1.Cl. The Labute approximate surface area is 112 Å². The van der Waals surface area contributed by atoms with E-state index in [4.69, 9.17) is 5.73 Å². The van der Waals surface area contributed by atoms with Crippen LogP contribution in [0.1, 0.15) is 56.3 Å². The third kappa shape index (κ3) is 2.78. The highest BCUT2D eigenvalue weighted by Gasteiger charge is 2.15. The van der Waals surface area contributed by atoms with Gasteiger partial charge in [0.15, 0.2) is 0 Å². The first-order valence-electron chi connectivity index (χ1n) is 5.77. The Kier molecular flexibility index (Phi) is 4.91. The fourth-order valence-electron chi connectivity index (χ4n) is 1.75. The molecule has 2 rings (SSSR count). The van der Waals surface area contributed by atoms with Gasteiger partial charge in [-0.15, -0.1) is 12.4 Å². The molecule has 0 spiro atoms. The van der Waals surface area contributed by atoms with Gasteiger partial charge in [-0.3, -0.25) is 0 Å². The predicted molar refractivity (Wildman–Crippen MR) is 74.0 cm³/mol. The molecule has 2 N–H and O–H groups in total. The number of fused-ring (bicyclic) bond motifs is 1. The van der Waals surface area contributed by atoms with Crippen molar-refractivity contribution in [1.29, 1.82) is 0 Å². The minimum absolute atomic E-state index is 0. The summed E-state index contributed by atoms with van der Waals surface area (Å²) < 4.78 is 1.86. The Morgan fingerprint density at radius 1 is 1.41 bits per heavy atom. The zero-order chi connectivity index (χ0) is 11.7. The summed E-state index contributed by atoms with van der Waals surface area (Å²) in [6.07, 6.45) is 4.20. The maximum Gasteiger partial charge on any atom is 0.212 e. The van der Waals surface area contributed by atoms with Gasteiger partial charge in [0.1, 0.15) is 5.01 Å². The van der Waals surface area contributed by atoms with Crippen molar-refractivity contribution in [3.63, 3.8) is 0 Å². The Morgan fingerprint density at radius 2 is 2.06 bits per heavy atom.